The Kier molecular flexibility index (Phi) is 8.30. The molecule has 0 saturated carbocycles. The number of amides is 1. The second-order valence-electron chi connectivity index (χ2n) is 6.79. The van der Waals surface area contributed by atoms with Crippen LogP contribution in [0.15, 0.2) is 30.3 Å². The van der Waals surface area contributed by atoms with Crippen molar-refractivity contribution in [2.24, 2.45) is 0 Å². The Morgan fingerprint density at radius 1 is 1.12 bits per heavy atom. The third-order valence-corrected chi connectivity index (χ3v) is 3.30. The Morgan fingerprint density at radius 2 is 1.79 bits per heavy atom. The van der Waals surface area contributed by atoms with E-state index in [0.29, 0.717) is 6.42 Å². The van der Waals surface area contributed by atoms with Crippen molar-refractivity contribution in [3.63, 3.8) is 0 Å². The molecule has 0 fully saturated rings. The number of carbonyl (C=O) groups is 2. The van der Waals surface area contributed by atoms with Crippen LogP contribution in [0.4, 0.5) is 4.79 Å². The van der Waals surface area contributed by atoms with Crippen molar-refractivity contribution in [1.29, 1.82) is 0 Å². The van der Waals surface area contributed by atoms with Gasteiger partial charge in [0.25, 0.3) is 0 Å². The Morgan fingerprint density at radius 3 is 2.38 bits per heavy atom. The van der Waals surface area contributed by atoms with Crippen molar-refractivity contribution in [3.05, 3.63) is 35.9 Å². The molecule has 0 spiro atoms. The molecule has 5 heteroatoms. The van der Waals surface area contributed by atoms with E-state index in [1.165, 1.54) is 0 Å². The van der Waals surface area contributed by atoms with E-state index in [-0.39, 0.29) is 6.61 Å². The standard InChI is InChI=1S/C19H29NO4/c1-5-6-8-13-16(20-18(22)24-19(2,3)4)17(21)23-14-15-11-9-7-10-12-15/h7,9-12,16H,5-6,8,13-14H2,1-4H3,(H,20,22). The summed E-state index contributed by atoms with van der Waals surface area (Å²) in [6.07, 6.45) is 2.83. The minimum absolute atomic E-state index is 0.194. The maximum Gasteiger partial charge on any atom is 0.408 e. The summed E-state index contributed by atoms with van der Waals surface area (Å²) in [6.45, 7) is 7.63. The van der Waals surface area contributed by atoms with Gasteiger partial charge in [-0.25, -0.2) is 9.59 Å². The fourth-order valence-corrected chi connectivity index (χ4v) is 2.13. The molecule has 1 amide bonds. The number of rotatable bonds is 8. The third kappa shape index (κ3) is 8.56. The zero-order chi connectivity index (χ0) is 18.0. The van der Waals surface area contributed by atoms with Gasteiger partial charge in [0, 0.05) is 0 Å². The van der Waals surface area contributed by atoms with Crippen molar-refractivity contribution < 1.29 is 19.1 Å². The van der Waals surface area contributed by atoms with Gasteiger partial charge in [0.15, 0.2) is 0 Å². The Hall–Kier alpha value is -2.04. The SMILES string of the molecule is CCCCCC(NC(=O)OC(C)(C)C)C(=O)OCc1ccccc1. The molecular weight excluding hydrogens is 306 g/mol. The first-order valence-electron chi connectivity index (χ1n) is 8.52. The molecule has 1 unspecified atom stereocenters. The molecule has 1 atom stereocenters. The van der Waals surface area contributed by atoms with Gasteiger partial charge in [-0.1, -0.05) is 56.5 Å². The summed E-state index contributed by atoms with van der Waals surface area (Å²) in [7, 11) is 0. The van der Waals surface area contributed by atoms with Gasteiger partial charge in [0.2, 0.25) is 0 Å². The van der Waals surface area contributed by atoms with Crippen LogP contribution in [0, 0.1) is 0 Å². The number of unbranched alkanes of at least 4 members (excludes halogenated alkanes) is 2. The Labute approximate surface area is 144 Å². The lowest BCUT2D eigenvalue weighted by Crippen LogP contribution is -2.44. The van der Waals surface area contributed by atoms with Crippen molar-refractivity contribution >= 4 is 12.1 Å². The minimum Gasteiger partial charge on any atom is -0.459 e. The van der Waals surface area contributed by atoms with Crippen LogP contribution in [0.5, 0.6) is 0 Å². The topological polar surface area (TPSA) is 64.6 Å². The Bertz CT molecular complexity index is 508. The highest BCUT2D eigenvalue weighted by Crippen LogP contribution is 2.10. The van der Waals surface area contributed by atoms with Crippen LogP contribution in [-0.2, 0) is 20.9 Å². The monoisotopic (exact) mass is 335 g/mol. The number of alkyl carbamates (subject to hydrolysis) is 1. The van der Waals surface area contributed by atoms with Crippen LogP contribution in [-0.4, -0.2) is 23.7 Å². The number of benzene rings is 1. The lowest BCUT2D eigenvalue weighted by atomic mass is 10.1. The fraction of sp³-hybridized carbons (Fsp3) is 0.579. The molecule has 0 aliphatic heterocycles. The van der Waals surface area contributed by atoms with Gasteiger partial charge in [-0.3, -0.25) is 0 Å². The molecule has 134 valence electrons. The largest absolute Gasteiger partial charge is 0.459 e. The van der Waals surface area contributed by atoms with Gasteiger partial charge >= 0.3 is 12.1 Å². The first kappa shape index (κ1) is 20.0. The van der Waals surface area contributed by atoms with E-state index >= 15 is 0 Å². The van der Waals surface area contributed by atoms with Crippen LogP contribution in [0.3, 0.4) is 0 Å². The molecule has 24 heavy (non-hydrogen) atoms. The molecule has 5 nitrogen and oxygen atoms in total. The number of carbonyl (C=O) groups excluding carboxylic acids is 2. The lowest BCUT2D eigenvalue weighted by Gasteiger charge is -2.23. The van der Waals surface area contributed by atoms with Crippen LogP contribution in [0.1, 0.15) is 58.9 Å². The highest BCUT2D eigenvalue weighted by Gasteiger charge is 2.25. The number of hydrogen-bond donors (Lipinski definition) is 1. The van der Waals surface area contributed by atoms with Gasteiger partial charge in [-0.15, -0.1) is 0 Å². The molecular formula is C19H29NO4. The molecule has 0 aromatic heterocycles. The maximum atomic E-state index is 12.3. The van der Waals surface area contributed by atoms with Crippen molar-refractivity contribution in [3.8, 4) is 0 Å². The average Bonchev–Trinajstić information content (AvgIpc) is 2.51. The van der Waals surface area contributed by atoms with E-state index in [0.717, 1.165) is 24.8 Å². The van der Waals surface area contributed by atoms with Gasteiger partial charge < -0.3 is 14.8 Å². The predicted octanol–water partition coefficient (Wildman–Crippen LogP) is 4.20. The zero-order valence-electron chi connectivity index (χ0n) is 15.1. The molecule has 0 saturated heterocycles. The van der Waals surface area contributed by atoms with Gasteiger partial charge in [0.05, 0.1) is 0 Å². The number of hydrogen-bond acceptors (Lipinski definition) is 4. The van der Waals surface area contributed by atoms with E-state index in [2.05, 4.69) is 12.2 Å². The molecule has 0 heterocycles. The summed E-state index contributed by atoms with van der Waals surface area (Å²) in [5, 5.41) is 2.63. The summed E-state index contributed by atoms with van der Waals surface area (Å²) >= 11 is 0. The molecule has 0 radical (unpaired) electrons. The van der Waals surface area contributed by atoms with Crippen LogP contribution in [0.2, 0.25) is 0 Å². The van der Waals surface area contributed by atoms with Gasteiger partial charge in [-0.05, 0) is 32.8 Å². The second-order valence-corrected chi connectivity index (χ2v) is 6.79. The first-order chi connectivity index (χ1) is 11.3. The van der Waals surface area contributed by atoms with E-state index in [9.17, 15) is 9.59 Å². The second kappa shape index (κ2) is 9.96. The third-order valence-electron chi connectivity index (χ3n) is 3.30. The summed E-state index contributed by atoms with van der Waals surface area (Å²) in [6, 6.07) is 8.78. The first-order valence-corrected chi connectivity index (χ1v) is 8.52. The molecule has 1 aromatic rings. The zero-order valence-corrected chi connectivity index (χ0v) is 15.1. The number of esters is 1. The Balaban J connectivity index is 2.58. The predicted molar refractivity (Wildman–Crippen MR) is 93.5 cm³/mol. The molecule has 0 bridgehead atoms. The van der Waals surface area contributed by atoms with E-state index < -0.39 is 23.7 Å². The summed E-state index contributed by atoms with van der Waals surface area (Å²) in [5.41, 5.74) is 0.307. The van der Waals surface area contributed by atoms with Crippen molar-refractivity contribution in [2.45, 2.75) is 71.6 Å². The highest BCUT2D eigenvalue weighted by molar-refractivity contribution is 5.81. The molecule has 1 rings (SSSR count). The van der Waals surface area contributed by atoms with E-state index in [1.807, 2.05) is 30.3 Å². The molecule has 0 aliphatic rings. The number of ether oxygens (including phenoxy) is 2. The normalized spacial score (nSPS) is 12.3. The molecule has 0 aliphatic carbocycles. The molecule has 1 aromatic carbocycles. The van der Waals surface area contributed by atoms with Crippen molar-refractivity contribution in [1.82, 2.24) is 5.32 Å². The van der Waals surface area contributed by atoms with Gasteiger partial charge in [-0.2, -0.15) is 0 Å². The van der Waals surface area contributed by atoms with Gasteiger partial charge in [0.1, 0.15) is 18.2 Å². The minimum atomic E-state index is -0.685. The van der Waals surface area contributed by atoms with Crippen LogP contribution in [0.25, 0.3) is 0 Å². The van der Waals surface area contributed by atoms with E-state index in [4.69, 9.17) is 9.47 Å². The smallest absolute Gasteiger partial charge is 0.408 e. The van der Waals surface area contributed by atoms with Crippen LogP contribution >= 0.6 is 0 Å². The average molecular weight is 335 g/mol. The molecule has 1 N–H and O–H groups in total. The highest BCUT2D eigenvalue weighted by atomic mass is 16.6. The number of nitrogens with one attached hydrogen (secondary N) is 1. The quantitative estimate of drug-likeness (QED) is 0.571. The maximum absolute atomic E-state index is 12.3. The van der Waals surface area contributed by atoms with Crippen molar-refractivity contribution in [2.75, 3.05) is 0 Å². The fourth-order valence-electron chi connectivity index (χ4n) is 2.13. The summed E-state index contributed by atoms with van der Waals surface area (Å²) in [5.74, 6) is -0.430. The van der Waals surface area contributed by atoms with E-state index in [1.54, 1.807) is 20.8 Å². The van der Waals surface area contributed by atoms with Crippen LogP contribution < -0.4 is 5.32 Å². The summed E-state index contributed by atoms with van der Waals surface area (Å²) < 4.78 is 10.6. The lowest BCUT2D eigenvalue weighted by molar-refractivity contribution is -0.147. The summed E-state index contributed by atoms with van der Waals surface area (Å²) in [4.78, 5) is 24.3.